The Labute approximate surface area is 316 Å². The number of hydrogen-bond donors (Lipinski definition) is 2. The highest BCUT2D eigenvalue weighted by molar-refractivity contribution is 5.92. The minimum absolute atomic E-state index is 1.07. The van der Waals surface area contributed by atoms with E-state index in [1.54, 1.807) is 0 Å². The topological polar surface area (TPSA) is 57.4 Å². The van der Waals surface area contributed by atoms with Crippen molar-refractivity contribution in [2.24, 2.45) is 0 Å². The second-order valence-corrected chi connectivity index (χ2v) is 15.9. The molecule has 282 valence electrons. The van der Waals surface area contributed by atoms with E-state index in [1.807, 2.05) is 0 Å². The molecule has 0 amide bonds. The minimum Gasteiger partial charge on any atom is -0.353 e. The van der Waals surface area contributed by atoms with Gasteiger partial charge in [-0.2, -0.15) is 0 Å². The molecule has 0 atom stereocenters. The molecule has 0 unspecified atom stereocenters. The normalized spacial score (nSPS) is 12.8. The molecule has 5 heterocycles. The first-order valence-corrected chi connectivity index (χ1v) is 21.4. The van der Waals surface area contributed by atoms with E-state index in [4.69, 9.17) is 9.97 Å². The predicted octanol–water partition coefficient (Wildman–Crippen LogP) is 14.8. The fourth-order valence-electron chi connectivity index (χ4n) is 8.26. The summed E-state index contributed by atoms with van der Waals surface area (Å²) in [6.45, 7) is 18.5. The quantitative estimate of drug-likeness (QED) is 0.115. The van der Waals surface area contributed by atoms with Crippen LogP contribution in [0.1, 0.15) is 199 Å². The lowest BCUT2D eigenvalue weighted by atomic mass is 9.98. The summed E-state index contributed by atoms with van der Waals surface area (Å²) < 4.78 is 0. The second-order valence-electron chi connectivity index (χ2n) is 15.9. The van der Waals surface area contributed by atoms with Gasteiger partial charge in [-0.05, 0) is 148 Å². The summed E-state index contributed by atoms with van der Waals surface area (Å²) in [5.41, 5.74) is 20.2. The molecule has 5 rings (SSSR count). The van der Waals surface area contributed by atoms with Crippen LogP contribution in [0.4, 0.5) is 0 Å². The monoisotopic (exact) mass is 703 g/mol. The first-order chi connectivity index (χ1) is 25.3. The molecule has 2 aliphatic heterocycles. The summed E-state index contributed by atoms with van der Waals surface area (Å²) in [6, 6.07) is 4.85. The van der Waals surface area contributed by atoms with Gasteiger partial charge in [0.1, 0.15) is 0 Å². The molecule has 2 N–H and O–H groups in total. The number of nitrogens with one attached hydrogen (secondary N) is 2. The SMILES string of the molecule is CCCCCCC1=Cc2nc1c(C)c(C)c1[nH]c(cc1CCCCCC)c1nc(c(C)c(C)c3[nH]c2cc3CCCCCC)C(CCCCCC)=C1. The van der Waals surface area contributed by atoms with E-state index in [2.05, 4.69) is 89.6 Å². The zero-order valence-electron chi connectivity index (χ0n) is 34.3. The molecule has 0 aromatic carbocycles. The molecule has 4 nitrogen and oxygen atoms in total. The number of aromatic amines is 2. The number of fused-ring (bicyclic) bond motifs is 10. The Hall–Kier alpha value is -3.40. The number of H-pyrrole nitrogens is 2. The number of allylic oxidation sites excluding steroid dienone is 2. The fraction of sp³-hybridized carbons (Fsp3) is 0.583. The van der Waals surface area contributed by atoms with Gasteiger partial charge in [-0.25, -0.2) is 9.97 Å². The lowest BCUT2D eigenvalue weighted by Gasteiger charge is -2.08. The number of nitrogens with zero attached hydrogens (tertiary/aromatic N) is 2. The molecule has 52 heavy (non-hydrogen) atoms. The van der Waals surface area contributed by atoms with Crippen LogP contribution >= 0.6 is 0 Å². The van der Waals surface area contributed by atoms with E-state index in [-0.39, 0.29) is 0 Å². The Kier molecular flexibility index (Phi) is 15.0. The Morgan fingerprint density at radius 1 is 0.423 bits per heavy atom. The molecular weight excluding hydrogens is 633 g/mol. The van der Waals surface area contributed by atoms with E-state index in [0.717, 1.165) is 48.1 Å². The third kappa shape index (κ3) is 9.57. The van der Waals surface area contributed by atoms with Crippen LogP contribution < -0.4 is 0 Å². The Bertz CT molecular complexity index is 1740. The van der Waals surface area contributed by atoms with Crippen LogP contribution in [0.2, 0.25) is 0 Å². The second kappa shape index (κ2) is 19.6. The molecule has 0 radical (unpaired) electrons. The molecule has 3 aromatic heterocycles. The number of rotatable bonds is 20. The lowest BCUT2D eigenvalue weighted by molar-refractivity contribution is 0.668. The van der Waals surface area contributed by atoms with E-state index in [1.165, 1.54) is 170 Å². The van der Waals surface area contributed by atoms with E-state index >= 15 is 0 Å². The molecule has 4 heteroatoms. The zero-order valence-corrected chi connectivity index (χ0v) is 34.3. The summed E-state index contributed by atoms with van der Waals surface area (Å²) in [7, 11) is 0. The Balaban J connectivity index is 1.80. The number of aromatic nitrogens is 4. The number of aryl methyl sites for hydroxylation is 4. The van der Waals surface area contributed by atoms with Gasteiger partial charge in [0, 0.05) is 11.0 Å². The van der Waals surface area contributed by atoms with E-state index in [9.17, 15) is 0 Å². The molecule has 0 fully saturated rings. The number of unbranched alkanes of at least 4 members (excludes halogenated alkanes) is 12. The molecular formula is C48H70N4. The average Bonchev–Trinajstić information content (AvgIpc) is 3.95. The minimum atomic E-state index is 1.07. The third-order valence-corrected chi connectivity index (χ3v) is 11.8. The maximum absolute atomic E-state index is 5.50. The highest BCUT2D eigenvalue weighted by Crippen LogP contribution is 2.36. The van der Waals surface area contributed by atoms with E-state index in [0.29, 0.717) is 0 Å². The van der Waals surface area contributed by atoms with Crippen LogP contribution in [0.25, 0.3) is 45.4 Å². The first kappa shape index (κ1) is 39.8. The van der Waals surface area contributed by atoms with E-state index < -0.39 is 0 Å². The maximum atomic E-state index is 5.50. The highest BCUT2D eigenvalue weighted by Gasteiger charge is 2.20. The molecule has 0 aliphatic carbocycles. The van der Waals surface area contributed by atoms with Crippen LogP contribution in [-0.2, 0) is 12.8 Å². The van der Waals surface area contributed by atoms with Crippen molar-refractivity contribution in [3.63, 3.8) is 0 Å². The smallest absolute Gasteiger partial charge is 0.0875 e. The van der Waals surface area contributed by atoms with Gasteiger partial charge in [0.25, 0.3) is 0 Å². The highest BCUT2D eigenvalue weighted by atomic mass is 14.8. The van der Waals surface area contributed by atoms with Gasteiger partial charge in [0.2, 0.25) is 0 Å². The van der Waals surface area contributed by atoms with Crippen molar-refractivity contribution in [1.82, 2.24) is 19.9 Å². The van der Waals surface area contributed by atoms with Gasteiger partial charge in [-0.15, -0.1) is 0 Å². The first-order valence-electron chi connectivity index (χ1n) is 21.4. The zero-order chi connectivity index (χ0) is 37.0. The predicted molar refractivity (Wildman–Crippen MR) is 229 cm³/mol. The van der Waals surface area contributed by atoms with Gasteiger partial charge in [-0.3, -0.25) is 0 Å². The fourth-order valence-corrected chi connectivity index (χ4v) is 8.26. The number of hydrogen-bond acceptors (Lipinski definition) is 2. The molecule has 0 spiro atoms. The van der Waals surface area contributed by atoms with Crippen molar-refractivity contribution >= 4 is 45.4 Å². The van der Waals surface area contributed by atoms with Crippen LogP contribution in [0.15, 0.2) is 12.1 Å². The van der Waals surface area contributed by atoms with Crippen molar-refractivity contribution in [2.45, 2.75) is 184 Å². The van der Waals surface area contributed by atoms with Gasteiger partial charge in [-0.1, -0.05) is 105 Å². The van der Waals surface area contributed by atoms with Crippen molar-refractivity contribution in [3.05, 3.63) is 68.3 Å². The van der Waals surface area contributed by atoms with Gasteiger partial charge < -0.3 is 9.97 Å². The maximum Gasteiger partial charge on any atom is 0.0875 e. The molecule has 3 aromatic rings. The summed E-state index contributed by atoms with van der Waals surface area (Å²) in [5.74, 6) is 0. The third-order valence-electron chi connectivity index (χ3n) is 11.8. The Morgan fingerprint density at radius 2 is 0.769 bits per heavy atom. The van der Waals surface area contributed by atoms with Crippen LogP contribution in [-0.4, -0.2) is 19.9 Å². The molecule has 0 saturated carbocycles. The molecule has 0 saturated heterocycles. The lowest BCUT2D eigenvalue weighted by Crippen LogP contribution is -1.93. The summed E-state index contributed by atoms with van der Waals surface area (Å²) in [4.78, 5) is 18.9. The molecule has 8 bridgehead atoms. The Morgan fingerprint density at radius 3 is 1.12 bits per heavy atom. The van der Waals surface area contributed by atoms with Gasteiger partial charge in [0.05, 0.1) is 33.8 Å². The van der Waals surface area contributed by atoms with Crippen LogP contribution in [0.5, 0.6) is 0 Å². The summed E-state index contributed by atoms with van der Waals surface area (Å²) >= 11 is 0. The van der Waals surface area contributed by atoms with Crippen LogP contribution in [0.3, 0.4) is 0 Å². The van der Waals surface area contributed by atoms with Crippen molar-refractivity contribution in [1.29, 1.82) is 0 Å². The van der Waals surface area contributed by atoms with Crippen molar-refractivity contribution < 1.29 is 0 Å². The van der Waals surface area contributed by atoms with Crippen molar-refractivity contribution in [2.75, 3.05) is 0 Å². The van der Waals surface area contributed by atoms with Crippen molar-refractivity contribution in [3.8, 4) is 0 Å². The largest absolute Gasteiger partial charge is 0.353 e. The summed E-state index contributed by atoms with van der Waals surface area (Å²) in [6.07, 6.45) is 29.3. The average molecular weight is 703 g/mol. The molecule has 2 aliphatic rings. The van der Waals surface area contributed by atoms with Crippen LogP contribution in [0, 0.1) is 27.7 Å². The standard InChI is InChI=1S/C48H70N4/c1-9-13-17-21-25-37-29-41-42-30-38(26-22-18-14-10-2)47(50-42)35(7)36(8)48-40(28-24-20-16-12-4)32-44(52-48)43-31-39(27-23-19-15-11-3)46(51-43)34(6)33(5)45(37)49-41/h29-32,49,52H,9-28H2,1-8H3. The van der Waals surface area contributed by atoms with Gasteiger partial charge in [0.15, 0.2) is 0 Å². The summed E-state index contributed by atoms with van der Waals surface area (Å²) in [5, 5.41) is 0. The van der Waals surface area contributed by atoms with Gasteiger partial charge >= 0.3 is 0 Å².